The van der Waals surface area contributed by atoms with E-state index >= 15 is 0 Å². The third-order valence-electron chi connectivity index (χ3n) is 6.32. The van der Waals surface area contributed by atoms with Crippen LogP contribution >= 0.6 is 11.6 Å². The van der Waals surface area contributed by atoms with Gasteiger partial charge in [0, 0.05) is 13.1 Å². The van der Waals surface area contributed by atoms with Crippen molar-refractivity contribution >= 4 is 18.1 Å². The first-order valence-corrected chi connectivity index (χ1v) is 12.6. The normalized spacial score (nSPS) is 19.1. The Hall–Kier alpha value is -1.57. The number of hydrogen-bond acceptors (Lipinski definition) is 3. The number of nitrogens with zero attached hydrogens (tertiary/aromatic N) is 2. The summed E-state index contributed by atoms with van der Waals surface area (Å²) in [5.74, 6) is 2.92. The zero-order chi connectivity index (χ0) is 24.4. The highest BCUT2D eigenvalue weighted by atomic mass is 35.5. The van der Waals surface area contributed by atoms with Crippen molar-refractivity contribution in [3.63, 3.8) is 0 Å². The minimum absolute atomic E-state index is 0.250. The third kappa shape index (κ3) is 14.5. The Kier molecular flexibility index (Phi) is 18.0. The van der Waals surface area contributed by atoms with Crippen LogP contribution in [0.15, 0.2) is 18.2 Å². The Labute approximate surface area is 202 Å². The largest absolute Gasteiger partial charge is 0.483 e. The van der Waals surface area contributed by atoms with Gasteiger partial charge in [0.15, 0.2) is 0 Å². The molecule has 0 spiro atoms. The van der Waals surface area contributed by atoms with Crippen LogP contribution in [0, 0.1) is 36.0 Å². The van der Waals surface area contributed by atoms with Crippen LogP contribution in [0.1, 0.15) is 90.2 Å². The molecule has 1 heterocycles. The van der Waals surface area contributed by atoms with Crippen molar-refractivity contribution in [2.24, 2.45) is 17.8 Å². The molecule has 2 unspecified atom stereocenters. The summed E-state index contributed by atoms with van der Waals surface area (Å²) in [5, 5.41) is 15.9. The van der Waals surface area contributed by atoms with Gasteiger partial charge in [-0.15, -0.1) is 0 Å². The Morgan fingerprint density at radius 3 is 2.28 bits per heavy atom. The number of nitriles is 1. The molecule has 0 amide bonds. The van der Waals surface area contributed by atoms with Gasteiger partial charge < -0.3 is 10.0 Å². The maximum Gasteiger partial charge on any atom is 0.290 e. The molecule has 182 valence electrons. The molecule has 1 aromatic carbocycles. The minimum atomic E-state index is -0.250. The molecule has 4 nitrogen and oxygen atoms in total. The van der Waals surface area contributed by atoms with Gasteiger partial charge in [-0.25, -0.2) is 0 Å². The number of benzene rings is 1. The van der Waals surface area contributed by atoms with Gasteiger partial charge in [0.25, 0.3) is 6.47 Å². The Bertz CT molecular complexity index is 654. The predicted octanol–water partition coefficient (Wildman–Crippen LogP) is 7.57. The van der Waals surface area contributed by atoms with Crippen molar-refractivity contribution in [1.29, 1.82) is 5.26 Å². The summed E-state index contributed by atoms with van der Waals surface area (Å²) in [4.78, 5) is 11.0. The van der Waals surface area contributed by atoms with Crippen molar-refractivity contribution < 1.29 is 9.90 Å². The summed E-state index contributed by atoms with van der Waals surface area (Å²) >= 11 is 5.71. The number of carboxylic acid groups (broad SMARTS) is 1. The van der Waals surface area contributed by atoms with Gasteiger partial charge in [0.2, 0.25) is 0 Å². The summed E-state index contributed by atoms with van der Waals surface area (Å²) in [6, 6.07) is 7.35. The van der Waals surface area contributed by atoms with Crippen LogP contribution in [0.5, 0.6) is 0 Å². The monoisotopic (exact) mass is 464 g/mol. The van der Waals surface area contributed by atoms with E-state index < -0.39 is 0 Å². The van der Waals surface area contributed by atoms with E-state index in [0.717, 1.165) is 23.3 Å². The summed E-state index contributed by atoms with van der Waals surface area (Å²) in [5.41, 5.74) is 1.61. The number of hydrogen-bond donors (Lipinski definition) is 1. The molecule has 1 aromatic rings. The van der Waals surface area contributed by atoms with E-state index in [1.165, 1.54) is 71.0 Å². The van der Waals surface area contributed by atoms with Crippen LogP contribution in [-0.4, -0.2) is 36.1 Å². The van der Waals surface area contributed by atoms with Crippen LogP contribution in [0.4, 0.5) is 0 Å². The average molecular weight is 465 g/mol. The highest BCUT2D eigenvalue weighted by Crippen LogP contribution is 2.25. The Balaban J connectivity index is 0.000000428. The molecule has 1 aliphatic carbocycles. The lowest BCUT2D eigenvalue weighted by Crippen LogP contribution is -2.25. The highest BCUT2D eigenvalue weighted by Gasteiger charge is 2.19. The van der Waals surface area contributed by atoms with E-state index in [0.29, 0.717) is 10.6 Å². The number of aryl methyl sites for hydroxylation is 1. The molecule has 1 saturated heterocycles. The SMILES string of the molecule is CCC(C)CN1CCC(C)C1.CCC1CCCCC1.Cc1ccc(C#N)c(Cl)c1.O=CO. The smallest absolute Gasteiger partial charge is 0.290 e. The fourth-order valence-corrected chi connectivity index (χ4v) is 4.35. The van der Waals surface area contributed by atoms with Crippen LogP contribution in [0.25, 0.3) is 0 Å². The van der Waals surface area contributed by atoms with Crippen LogP contribution < -0.4 is 0 Å². The van der Waals surface area contributed by atoms with E-state index in [9.17, 15) is 0 Å². The molecule has 1 saturated carbocycles. The second-order valence-corrected chi connectivity index (χ2v) is 9.69. The highest BCUT2D eigenvalue weighted by molar-refractivity contribution is 6.31. The van der Waals surface area contributed by atoms with E-state index in [-0.39, 0.29) is 6.47 Å². The lowest BCUT2D eigenvalue weighted by atomic mass is 9.88. The zero-order valence-electron chi connectivity index (χ0n) is 20.9. The number of likely N-dealkylation sites (tertiary alicyclic amines) is 1. The molecular formula is C27H45ClN2O2. The lowest BCUT2D eigenvalue weighted by Gasteiger charge is -2.19. The Morgan fingerprint density at radius 1 is 1.25 bits per heavy atom. The molecule has 1 N–H and O–H groups in total. The second-order valence-electron chi connectivity index (χ2n) is 9.28. The number of carbonyl (C=O) groups is 1. The molecule has 0 bridgehead atoms. The van der Waals surface area contributed by atoms with Gasteiger partial charge in [-0.2, -0.15) is 5.26 Å². The Morgan fingerprint density at radius 2 is 1.88 bits per heavy atom. The lowest BCUT2D eigenvalue weighted by molar-refractivity contribution is -0.122. The van der Waals surface area contributed by atoms with E-state index in [4.69, 9.17) is 26.8 Å². The van der Waals surface area contributed by atoms with Crippen LogP contribution in [0.2, 0.25) is 5.02 Å². The van der Waals surface area contributed by atoms with Crippen molar-refractivity contribution in [1.82, 2.24) is 4.90 Å². The summed E-state index contributed by atoms with van der Waals surface area (Å²) in [6.45, 7) is 15.0. The fourth-order valence-electron chi connectivity index (χ4n) is 4.07. The van der Waals surface area contributed by atoms with E-state index in [1.54, 1.807) is 12.1 Å². The summed E-state index contributed by atoms with van der Waals surface area (Å²) in [6.07, 6.45) is 11.7. The maximum atomic E-state index is 8.47. The van der Waals surface area contributed by atoms with Gasteiger partial charge in [-0.3, -0.25) is 4.79 Å². The zero-order valence-corrected chi connectivity index (χ0v) is 21.7. The summed E-state index contributed by atoms with van der Waals surface area (Å²) in [7, 11) is 0. The molecule has 3 rings (SSSR count). The molecule has 5 heteroatoms. The van der Waals surface area contributed by atoms with E-state index in [2.05, 4.69) is 32.6 Å². The standard InChI is InChI=1S/C10H21N.C8H6ClN.C8H16.CH2O2/c1-4-9(2)7-11-6-5-10(3)8-11;1-6-2-3-7(5-10)8(9)4-6;1-2-8-6-4-3-5-7-8;2-1-3/h9-10H,4-8H2,1-3H3;2-4H,1H3;8H,2-7H2,1H3;1H,(H,2,3). The molecule has 1 aliphatic heterocycles. The minimum Gasteiger partial charge on any atom is -0.483 e. The van der Waals surface area contributed by atoms with Crippen LogP contribution in [-0.2, 0) is 4.79 Å². The van der Waals surface area contributed by atoms with Gasteiger partial charge in [0.1, 0.15) is 6.07 Å². The van der Waals surface area contributed by atoms with Crippen molar-refractivity contribution in [2.75, 3.05) is 19.6 Å². The van der Waals surface area contributed by atoms with Crippen molar-refractivity contribution in [3.8, 4) is 6.07 Å². The van der Waals surface area contributed by atoms with Gasteiger partial charge in [-0.1, -0.05) is 90.3 Å². The van der Waals surface area contributed by atoms with Gasteiger partial charge in [0.05, 0.1) is 10.6 Å². The average Bonchev–Trinajstić information content (AvgIpc) is 3.20. The molecule has 32 heavy (non-hydrogen) atoms. The topological polar surface area (TPSA) is 64.3 Å². The molecule has 2 aliphatic rings. The first-order chi connectivity index (χ1) is 15.3. The van der Waals surface area contributed by atoms with Crippen molar-refractivity contribution in [3.05, 3.63) is 34.3 Å². The first-order valence-electron chi connectivity index (χ1n) is 12.3. The fraction of sp³-hybridized carbons (Fsp3) is 0.704. The molecule has 2 fully saturated rings. The maximum absolute atomic E-state index is 8.47. The molecule has 0 aromatic heterocycles. The second kappa shape index (κ2) is 18.9. The molecule has 0 radical (unpaired) electrons. The van der Waals surface area contributed by atoms with E-state index in [1.807, 2.05) is 19.1 Å². The predicted molar refractivity (Wildman–Crippen MR) is 136 cm³/mol. The quantitative estimate of drug-likeness (QED) is 0.466. The number of halogens is 1. The molecular weight excluding hydrogens is 420 g/mol. The number of rotatable bonds is 4. The van der Waals surface area contributed by atoms with Gasteiger partial charge in [-0.05, 0) is 55.3 Å². The summed E-state index contributed by atoms with van der Waals surface area (Å²) < 4.78 is 0. The third-order valence-corrected chi connectivity index (χ3v) is 6.63. The van der Waals surface area contributed by atoms with Crippen molar-refractivity contribution in [2.45, 2.75) is 86.0 Å². The van der Waals surface area contributed by atoms with Gasteiger partial charge >= 0.3 is 0 Å². The van der Waals surface area contributed by atoms with Crippen LogP contribution in [0.3, 0.4) is 0 Å². The molecule has 2 atom stereocenters. The first kappa shape index (κ1) is 30.4.